The van der Waals surface area contributed by atoms with Crippen LogP contribution in [0.4, 0.5) is 11.4 Å². The predicted molar refractivity (Wildman–Crippen MR) is 136 cm³/mol. The van der Waals surface area contributed by atoms with E-state index in [1.165, 1.54) is 0 Å². The average Bonchev–Trinajstić information content (AvgIpc) is 2.89. The Labute approximate surface area is 205 Å². The number of nitrogens with one attached hydrogen (secondary N) is 3. The van der Waals surface area contributed by atoms with Crippen molar-refractivity contribution < 1.29 is 23.8 Å². The van der Waals surface area contributed by atoms with Crippen molar-refractivity contribution in [2.24, 2.45) is 0 Å². The molecule has 0 fully saturated rings. The first kappa shape index (κ1) is 25.6. The molecule has 0 aliphatic rings. The van der Waals surface area contributed by atoms with Crippen LogP contribution in [-0.4, -0.2) is 51.8 Å². The number of hydrogen-bond acceptors (Lipinski definition) is 6. The first-order valence-corrected chi connectivity index (χ1v) is 11.5. The molecule has 0 radical (unpaired) electrons. The maximum atomic E-state index is 12.3. The average molecular weight is 478 g/mol. The molecule has 35 heavy (non-hydrogen) atoms. The van der Waals surface area contributed by atoms with Crippen LogP contribution >= 0.6 is 0 Å². The summed E-state index contributed by atoms with van der Waals surface area (Å²) >= 11 is 0. The highest BCUT2D eigenvalue weighted by atomic mass is 16.5. The van der Waals surface area contributed by atoms with Gasteiger partial charge in [-0.2, -0.15) is 0 Å². The van der Waals surface area contributed by atoms with E-state index in [1.54, 1.807) is 55.6 Å². The van der Waals surface area contributed by atoms with Crippen molar-refractivity contribution >= 4 is 23.2 Å². The number of carbonyl (C=O) groups is 2. The molecule has 0 bridgehead atoms. The molecule has 0 aliphatic heterocycles. The van der Waals surface area contributed by atoms with E-state index in [4.69, 9.17) is 14.2 Å². The Morgan fingerprint density at radius 2 is 1.37 bits per heavy atom. The van der Waals surface area contributed by atoms with E-state index in [2.05, 4.69) is 16.0 Å². The van der Waals surface area contributed by atoms with Gasteiger partial charge in [-0.05, 0) is 67.1 Å². The monoisotopic (exact) mass is 477 g/mol. The third-order valence-corrected chi connectivity index (χ3v) is 4.91. The van der Waals surface area contributed by atoms with Gasteiger partial charge in [0.05, 0.1) is 6.54 Å². The Kier molecular flexibility index (Phi) is 10.4. The van der Waals surface area contributed by atoms with Crippen LogP contribution < -0.4 is 25.4 Å². The summed E-state index contributed by atoms with van der Waals surface area (Å²) in [6, 6.07) is 23.7. The number of para-hydroxylation sites is 1. The molecular weight excluding hydrogens is 446 g/mol. The minimum absolute atomic E-state index is 0.0949. The standard InChI is InChI=1S/C27H31N3O5/c1-33-17-5-16-28-27(32)21-8-10-22(11-9-21)29-20-26(31)30-23-12-14-25(15-13-23)35-19-18-34-24-6-3-2-4-7-24/h2-4,6-15,29H,5,16-20H2,1H3,(H,28,32)(H,30,31). The fourth-order valence-corrected chi connectivity index (χ4v) is 3.12. The lowest BCUT2D eigenvalue weighted by Gasteiger charge is -2.10. The summed E-state index contributed by atoms with van der Waals surface area (Å²) in [5.74, 6) is 1.18. The number of ether oxygens (including phenoxy) is 3. The van der Waals surface area contributed by atoms with Crippen molar-refractivity contribution in [2.75, 3.05) is 50.7 Å². The van der Waals surface area contributed by atoms with E-state index in [9.17, 15) is 9.59 Å². The Bertz CT molecular complexity index is 1040. The summed E-state index contributed by atoms with van der Waals surface area (Å²) in [7, 11) is 1.63. The van der Waals surface area contributed by atoms with Crippen molar-refractivity contribution in [1.82, 2.24) is 5.32 Å². The number of hydrogen-bond donors (Lipinski definition) is 3. The molecule has 2 amide bonds. The molecule has 0 saturated heterocycles. The highest BCUT2D eigenvalue weighted by Gasteiger charge is 2.06. The molecular formula is C27H31N3O5. The van der Waals surface area contributed by atoms with Crippen LogP contribution in [0.15, 0.2) is 78.9 Å². The first-order chi connectivity index (χ1) is 17.1. The van der Waals surface area contributed by atoms with E-state index in [0.717, 1.165) is 17.9 Å². The van der Waals surface area contributed by atoms with Crippen molar-refractivity contribution in [3.63, 3.8) is 0 Å². The molecule has 0 unspecified atom stereocenters. The Balaban J connectivity index is 1.34. The van der Waals surface area contributed by atoms with Gasteiger partial charge in [0.15, 0.2) is 0 Å². The van der Waals surface area contributed by atoms with Gasteiger partial charge in [0, 0.05) is 37.2 Å². The second-order valence-corrected chi connectivity index (χ2v) is 7.62. The second kappa shape index (κ2) is 14.3. The molecule has 3 aromatic rings. The van der Waals surface area contributed by atoms with Gasteiger partial charge >= 0.3 is 0 Å². The smallest absolute Gasteiger partial charge is 0.251 e. The SMILES string of the molecule is COCCCNC(=O)c1ccc(NCC(=O)Nc2ccc(OCCOc3ccccc3)cc2)cc1. The number of carbonyl (C=O) groups excluding carboxylic acids is 2. The molecule has 8 heteroatoms. The Morgan fingerprint density at radius 1 is 0.743 bits per heavy atom. The minimum atomic E-state index is -0.185. The van der Waals surface area contributed by atoms with Crippen LogP contribution in [0.25, 0.3) is 0 Å². The fraction of sp³-hybridized carbons (Fsp3) is 0.259. The van der Waals surface area contributed by atoms with Crippen LogP contribution in [0.1, 0.15) is 16.8 Å². The van der Waals surface area contributed by atoms with Crippen molar-refractivity contribution in [2.45, 2.75) is 6.42 Å². The van der Waals surface area contributed by atoms with Gasteiger partial charge in [-0.3, -0.25) is 9.59 Å². The Morgan fingerprint density at radius 3 is 2.03 bits per heavy atom. The summed E-state index contributed by atoms with van der Waals surface area (Å²) in [4.78, 5) is 24.4. The van der Waals surface area contributed by atoms with Gasteiger partial charge in [-0.1, -0.05) is 18.2 Å². The Hall–Kier alpha value is -4.04. The molecule has 184 valence electrons. The lowest BCUT2D eigenvalue weighted by atomic mass is 10.2. The molecule has 0 spiro atoms. The van der Waals surface area contributed by atoms with Gasteiger partial charge in [0.25, 0.3) is 5.91 Å². The van der Waals surface area contributed by atoms with Crippen LogP contribution in [0.5, 0.6) is 11.5 Å². The number of amides is 2. The number of anilines is 2. The van der Waals surface area contributed by atoms with E-state index in [-0.39, 0.29) is 18.4 Å². The molecule has 3 aromatic carbocycles. The van der Waals surface area contributed by atoms with Gasteiger partial charge in [-0.15, -0.1) is 0 Å². The maximum absolute atomic E-state index is 12.3. The van der Waals surface area contributed by atoms with Gasteiger partial charge < -0.3 is 30.2 Å². The third kappa shape index (κ3) is 9.38. The van der Waals surface area contributed by atoms with Gasteiger partial charge in [-0.25, -0.2) is 0 Å². The highest BCUT2D eigenvalue weighted by Crippen LogP contribution is 2.16. The van der Waals surface area contributed by atoms with E-state index in [0.29, 0.717) is 43.4 Å². The summed E-state index contributed by atoms with van der Waals surface area (Å²) in [6.45, 7) is 2.11. The second-order valence-electron chi connectivity index (χ2n) is 7.62. The molecule has 0 heterocycles. The highest BCUT2D eigenvalue weighted by molar-refractivity contribution is 5.95. The maximum Gasteiger partial charge on any atom is 0.251 e. The zero-order valence-corrected chi connectivity index (χ0v) is 19.8. The van der Waals surface area contributed by atoms with Crippen molar-refractivity contribution in [3.05, 3.63) is 84.4 Å². The molecule has 0 aliphatic carbocycles. The quantitative estimate of drug-likeness (QED) is 0.304. The molecule has 3 rings (SSSR count). The summed E-state index contributed by atoms with van der Waals surface area (Å²) in [6.07, 6.45) is 0.760. The molecule has 0 atom stereocenters. The minimum Gasteiger partial charge on any atom is -0.490 e. The van der Waals surface area contributed by atoms with Crippen LogP contribution in [0.2, 0.25) is 0 Å². The topological polar surface area (TPSA) is 97.9 Å². The molecule has 3 N–H and O–H groups in total. The zero-order valence-electron chi connectivity index (χ0n) is 19.8. The van der Waals surface area contributed by atoms with E-state index < -0.39 is 0 Å². The number of methoxy groups -OCH3 is 1. The van der Waals surface area contributed by atoms with Crippen LogP contribution in [0.3, 0.4) is 0 Å². The molecule has 0 aromatic heterocycles. The normalized spacial score (nSPS) is 10.3. The van der Waals surface area contributed by atoms with E-state index >= 15 is 0 Å². The van der Waals surface area contributed by atoms with Crippen LogP contribution in [0, 0.1) is 0 Å². The predicted octanol–water partition coefficient (Wildman–Crippen LogP) is 3.96. The fourth-order valence-electron chi connectivity index (χ4n) is 3.12. The molecule has 8 nitrogen and oxygen atoms in total. The van der Waals surface area contributed by atoms with E-state index in [1.807, 2.05) is 30.3 Å². The number of benzene rings is 3. The lowest BCUT2D eigenvalue weighted by Crippen LogP contribution is -2.25. The molecule has 0 saturated carbocycles. The van der Waals surface area contributed by atoms with Gasteiger partial charge in [0.1, 0.15) is 24.7 Å². The summed E-state index contributed by atoms with van der Waals surface area (Å²) < 4.78 is 16.2. The van der Waals surface area contributed by atoms with Crippen LogP contribution in [-0.2, 0) is 9.53 Å². The van der Waals surface area contributed by atoms with Gasteiger partial charge in [0.2, 0.25) is 5.91 Å². The number of rotatable bonds is 14. The van der Waals surface area contributed by atoms with Crippen molar-refractivity contribution in [3.8, 4) is 11.5 Å². The lowest BCUT2D eigenvalue weighted by molar-refractivity contribution is -0.114. The largest absolute Gasteiger partial charge is 0.490 e. The summed E-state index contributed by atoms with van der Waals surface area (Å²) in [5.41, 5.74) is 1.98. The zero-order chi connectivity index (χ0) is 24.7. The first-order valence-electron chi connectivity index (χ1n) is 11.5. The third-order valence-electron chi connectivity index (χ3n) is 4.91. The summed E-state index contributed by atoms with van der Waals surface area (Å²) in [5, 5.41) is 8.72. The van der Waals surface area contributed by atoms with Crippen molar-refractivity contribution in [1.29, 1.82) is 0 Å².